The number of carbonyl (C=O) groups excluding carboxylic acids is 1. The number of rotatable bonds is 8. The molecule has 2 heterocycles. The third-order valence-corrected chi connectivity index (χ3v) is 7.21. The zero-order valence-corrected chi connectivity index (χ0v) is 21.0. The number of amides is 1. The molecular weight excluding hydrogens is 489 g/mol. The van der Waals surface area contributed by atoms with Gasteiger partial charge in [0.2, 0.25) is 0 Å². The molecule has 1 saturated carbocycles. The van der Waals surface area contributed by atoms with E-state index < -0.39 is 16.6 Å². The molecule has 0 bridgehead atoms. The van der Waals surface area contributed by atoms with Gasteiger partial charge in [-0.15, -0.1) is 11.6 Å². The molecule has 2 aromatic heterocycles. The zero-order chi connectivity index (χ0) is 26.0. The number of alkyl halides is 1. The van der Waals surface area contributed by atoms with E-state index in [0.717, 1.165) is 6.42 Å². The van der Waals surface area contributed by atoms with Gasteiger partial charge in [-0.2, -0.15) is 5.10 Å². The lowest BCUT2D eigenvalue weighted by molar-refractivity contribution is 0.101. The second kappa shape index (κ2) is 10.2. The first-order valence-electron chi connectivity index (χ1n) is 12.1. The van der Waals surface area contributed by atoms with Crippen LogP contribution in [0.4, 0.5) is 15.8 Å². The number of nitrogens with zero attached hydrogens (tertiary/aromatic N) is 4. The van der Waals surface area contributed by atoms with E-state index in [-0.39, 0.29) is 11.4 Å². The number of hydrogen-bond donors (Lipinski definition) is 1. The number of aromatic nitrogens is 3. The molecule has 1 fully saturated rings. The average molecular weight is 514 g/mol. The lowest BCUT2D eigenvalue weighted by atomic mass is 9.88. The van der Waals surface area contributed by atoms with Crippen LogP contribution in [0.5, 0.6) is 0 Å². The van der Waals surface area contributed by atoms with Gasteiger partial charge in [0.05, 0.1) is 29.3 Å². The molecule has 8 heteroatoms. The van der Waals surface area contributed by atoms with Crippen LogP contribution < -0.4 is 5.32 Å². The minimum absolute atomic E-state index is 0.0233. The highest BCUT2D eigenvalue weighted by Crippen LogP contribution is 2.45. The van der Waals surface area contributed by atoms with Crippen molar-refractivity contribution in [3.8, 4) is 5.69 Å². The van der Waals surface area contributed by atoms with Gasteiger partial charge in [0.1, 0.15) is 16.4 Å². The summed E-state index contributed by atoms with van der Waals surface area (Å²) in [6, 6.07) is 18.6. The molecule has 186 valence electrons. The van der Waals surface area contributed by atoms with Crippen molar-refractivity contribution in [2.45, 2.75) is 37.5 Å². The molecule has 6 nitrogen and oxygen atoms in total. The van der Waals surface area contributed by atoms with Crippen molar-refractivity contribution < 1.29 is 9.18 Å². The zero-order valence-electron chi connectivity index (χ0n) is 20.3. The molecular formula is C29H25ClFN5O. The van der Waals surface area contributed by atoms with Crippen LogP contribution in [-0.4, -0.2) is 20.7 Å². The lowest BCUT2D eigenvalue weighted by Crippen LogP contribution is -2.23. The monoisotopic (exact) mass is 513 g/mol. The maximum absolute atomic E-state index is 15.0. The van der Waals surface area contributed by atoms with Gasteiger partial charge in [-0.3, -0.25) is 9.78 Å². The summed E-state index contributed by atoms with van der Waals surface area (Å²) in [5.41, 5.74) is 3.21. The number of carbonyl (C=O) groups is 1. The Morgan fingerprint density at radius 3 is 2.76 bits per heavy atom. The highest BCUT2D eigenvalue weighted by atomic mass is 35.5. The van der Waals surface area contributed by atoms with Crippen molar-refractivity contribution in [1.82, 2.24) is 14.8 Å². The van der Waals surface area contributed by atoms with Gasteiger partial charge in [-0.25, -0.2) is 13.9 Å². The van der Waals surface area contributed by atoms with Gasteiger partial charge in [0, 0.05) is 6.20 Å². The van der Waals surface area contributed by atoms with Crippen molar-refractivity contribution in [2.75, 3.05) is 5.32 Å². The molecule has 1 aliphatic carbocycles. The molecule has 0 spiro atoms. The van der Waals surface area contributed by atoms with E-state index in [1.807, 2.05) is 18.2 Å². The van der Waals surface area contributed by atoms with Crippen LogP contribution in [0, 0.1) is 25.2 Å². The van der Waals surface area contributed by atoms with Crippen molar-refractivity contribution in [1.29, 1.82) is 0 Å². The van der Waals surface area contributed by atoms with Gasteiger partial charge in [0.15, 0.2) is 5.69 Å². The SMILES string of the molecule is [C-]#[N+]c1cccc(-n2nc(C)cc2C(=O)Nc2cc(C(Cl)(CCC3CC3)c3ccccn3)ccc2F)c1. The third-order valence-electron chi connectivity index (χ3n) is 6.60. The fourth-order valence-electron chi connectivity index (χ4n) is 4.43. The molecule has 0 aliphatic heterocycles. The molecule has 2 aromatic carbocycles. The van der Waals surface area contributed by atoms with Crippen LogP contribution in [0.15, 0.2) is 72.9 Å². The summed E-state index contributed by atoms with van der Waals surface area (Å²) in [5, 5.41) is 7.12. The Morgan fingerprint density at radius 1 is 1.19 bits per heavy atom. The number of benzene rings is 2. The normalized spacial score (nSPS) is 14.5. The van der Waals surface area contributed by atoms with E-state index in [2.05, 4.69) is 20.2 Å². The fourth-order valence-corrected chi connectivity index (χ4v) is 4.77. The van der Waals surface area contributed by atoms with E-state index >= 15 is 0 Å². The van der Waals surface area contributed by atoms with Crippen LogP contribution in [0.2, 0.25) is 0 Å². The predicted octanol–water partition coefficient (Wildman–Crippen LogP) is 7.19. The van der Waals surface area contributed by atoms with Crippen LogP contribution in [-0.2, 0) is 4.87 Å². The largest absolute Gasteiger partial charge is 0.318 e. The average Bonchev–Trinajstić information content (AvgIpc) is 3.67. The smallest absolute Gasteiger partial charge is 0.274 e. The molecule has 1 unspecified atom stereocenters. The van der Waals surface area contributed by atoms with Crippen molar-refractivity contribution in [2.24, 2.45) is 5.92 Å². The van der Waals surface area contributed by atoms with Crippen LogP contribution >= 0.6 is 11.6 Å². The van der Waals surface area contributed by atoms with E-state index in [1.165, 1.54) is 23.6 Å². The molecule has 1 atom stereocenters. The highest BCUT2D eigenvalue weighted by molar-refractivity contribution is 6.26. The molecule has 4 aromatic rings. The van der Waals surface area contributed by atoms with Gasteiger partial charge in [-0.05, 0) is 73.7 Å². The van der Waals surface area contributed by atoms with E-state index in [9.17, 15) is 9.18 Å². The fraction of sp³-hybridized carbons (Fsp3) is 0.241. The van der Waals surface area contributed by atoms with Gasteiger partial charge >= 0.3 is 0 Å². The first-order valence-corrected chi connectivity index (χ1v) is 12.5. The standard InChI is InChI=1S/C29H25ClFN5O/c1-19-16-26(36(35-19)23-7-5-6-22(18-23)32-2)28(37)34-25-17-21(11-12-24(25)31)29(30,14-13-20-9-10-20)27-8-3-4-15-33-27/h3-8,11-12,15-18,20H,9-10,13-14H2,1H3,(H,34,37). The molecule has 1 aliphatic rings. The van der Waals surface area contributed by atoms with Crippen LogP contribution in [0.25, 0.3) is 10.5 Å². The third kappa shape index (κ3) is 5.25. The van der Waals surface area contributed by atoms with Crippen LogP contribution in [0.3, 0.4) is 0 Å². The Kier molecular flexibility index (Phi) is 6.77. The topological polar surface area (TPSA) is 64.2 Å². The minimum atomic E-state index is -0.949. The first-order chi connectivity index (χ1) is 17.9. The maximum Gasteiger partial charge on any atom is 0.274 e. The Morgan fingerprint density at radius 2 is 2.03 bits per heavy atom. The summed E-state index contributed by atoms with van der Waals surface area (Å²) < 4.78 is 16.4. The Labute approximate surface area is 219 Å². The second-order valence-corrected chi connectivity index (χ2v) is 10.0. The molecule has 5 rings (SSSR count). The summed E-state index contributed by atoms with van der Waals surface area (Å²) >= 11 is 7.24. The van der Waals surface area contributed by atoms with Gasteiger partial charge in [-0.1, -0.05) is 37.1 Å². The van der Waals surface area contributed by atoms with E-state index in [0.29, 0.717) is 40.7 Å². The summed E-state index contributed by atoms with van der Waals surface area (Å²) in [6.07, 6.45) is 5.69. The Bertz CT molecular complexity index is 1490. The second-order valence-electron chi connectivity index (χ2n) is 9.36. The molecule has 1 N–H and O–H groups in total. The van der Waals surface area contributed by atoms with Gasteiger partial charge < -0.3 is 5.32 Å². The number of aryl methyl sites for hydroxylation is 1. The number of anilines is 1. The van der Waals surface area contributed by atoms with E-state index in [4.69, 9.17) is 18.2 Å². The molecule has 37 heavy (non-hydrogen) atoms. The first kappa shape index (κ1) is 24.7. The summed E-state index contributed by atoms with van der Waals surface area (Å²) in [4.78, 5) is 20.3. The number of nitrogens with one attached hydrogen (secondary N) is 1. The number of pyridine rings is 1. The summed E-state index contributed by atoms with van der Waals surface area (Å²) in [5.74, 6) is -0.440. The van der Waals surface area contributed by atoms with Crippen LogP contribution in [0.1, 0.15) is 53.1 Å². The number of halogens is 2. The maximum atomic E-state index is 15.0. The molecule has 0 saturated heterocycles. The predicted molar refractivity (Wildman–Crippen MR) is 142 cm³/mol. The van der Waals surface area contributed by atoms with Crippen molar-refractivity contribution >= 4 is 28.9 Å². The summed E-state index contributed by atoms with van der Waals surface area (Å²) in [7, 11) is 0. The van der Waals surface area contributed by atoms with Gasteiger partial charge in [0.25, 0.3) is 5.91 Å². The molecule has 0 radical (unpaired) electrons. The minimum Gasteiger partial charge on any atom is -0.318 e. The Balaban J connectivity index is 1.48. The van der Waals surface area contributed by atoms with Crippen molar-refractivity contribution in [3.05, 3.63) is 113 Å². The highest BCUT2D eigenvalue weighted by Gasteiger charge is 2.36. The lowest BCUT2D eigenvalue weighted by Gasteiger charge is -2.28. The number of hydrogen-bond acceptors (Lipinski definition) is 3. The quantitative estimate of drug-likeness (QED) is 0.200. The van der Waals surface area contributed by atoms with E-state index in [1.54, 1.807) is 55.6 Å². The Hall–Kier alpha value is -4.02. The molecule has 1 amide bonds. The van der Waals surface area contributed by atoms with Crippen molar-refractivity contribution in [3.63, 3.8) is 0 Å². The summed E-state index contributed by atoms with van der Waals surface area (Å²) in [6.45, 7) is 9.03.